The summed E-state index contributed by atoms with van der Waals surface area (Å²) in [5.41, 5.74) is 6.41. The quantitative estimate of drug-likeness (QED) is 0.695. The number of carbonyl (C=O) groups excluding carboxylic acids is 1. The van der Waals surface area contributed by atoms with Crippen LogP contribution in [0.1, 0.15) is 12.0 Å². The average Bonchev–Trinajstić information content (AvgIpc) is 2.34. The summed E-state index contributed by atoms with van der Waals surface area (Å²) in [4.78, 5) is 11.0. The van der Waals surface area contributed by atoms with Gasteiger partial charge in [-0.1, -0.05) is 11.6 Å². The molecule has 0 aliphatic carbocycles. The Kier molecular flexibility index (Phi) is 5.16. The first-order valence-electron chi connectivity index (χ1n) is 5.54. The Morgan fingerprint density at radius 2 is 2.05 bits per heavy atom. The van der Waals surface area contributed by atoms with Gasteiger partial charge in [0, 0.05) is 20.0 Å². The van der Waals surface area contributed by atoms with Crippen LogP contribution in [0.15, 0.2) is 17.0 Å². The summed E-state index contributed by atoms with van der Waals surface area (Å²) in [5.74, 6) is -0.241. The van der Waals surface area contributed by atoms with Crippen molar-refractivity contribution in [2.75, 3.05) is 19.3 Å². The predicted molar refractivity (Wildman–Crippen MR) is 74.5 cm³/mol. The number of anilines is 1. The van der Waals surface area contributed by atoms with Crippen molar-refractivity contribution in [1.82, 2.24) is 10.0 Å². The monoisotopic (exact) mass is 305 g/mol. The number of hydrogen-bond acceptors (Lipinski definition) is 4. The van der Waals surface area contributed by atoms with Gasteiger partial charge in [-0.05, 0) is 24.6 Å². The topological polar surface area (TPSA) is 101 Å². The van der Waals surface area contributed by atoms with Gasteiger partial charge in [-0.15, -0.1) is 0 Å². The molecule has 19 heavy (non-hydrogen) atoms. The fraction of sp³-hybridized carbons (Fsp3) is 0.364. The van der Waals surface area contributed by atoms with Crippen LogP contribution in [-0.4, -0.2) is 27.9 Å². The maximum atomic E-state index is 12.0. The van der Waals surface area contributed by atoms with Gasteiger partial charge in [0.05, 0.1) is 15.6 Å². The molecular formula is C11H16ClN3O3S. The minimum absolute atomic E-state index is 0.0174. The summed E-state index contributed by atoms with van der Waals surface area (Å²) in [6.07, 6.45) is 0.0672. The van der Waals surface area contributed by atoms with Gasteiger partial charge in [0.2, 0.25) is 15.9 Å². The van der Waals surface area contributed by atoms with Gasteiger partial charge in [0.25, 0.3) is 0 Å². The number of halogens is 1. The van der Waals surface area contributed by atoms with Crippen molar-refractivity contribution in [1.29, 1.82) is 0 Å². The van der Waals surface area contributed by atoms with Crippen molar-refractivity contribution in [2.24, 2.45) is 0 Å². The normalized spacial score (nSPS) is 11.3. The third-order valence-electron chi connectivity index (χ3n) is 2.49. The van der Waals surface area contributed by atoms with E-state index in [0.717, 1.165) is 0 Å². The Bertz CT molecular complexity index is 564. The average molecular weight is 306 g/mol. The molecular weight excluding hydrogens is 290 g/mol. The van der Waals surface area contributed by atoms with E-state index in [1.165, 1.54) is 19.2 Å². The number of rotatable bonds is 5. The van der Waals surface area contributed by atoms with Crippen molar-refractivity contribution < 1.29 is 13.2 Å². The molecule has 0 saturated carbocycles. The molecule has 4 N–H and O–H groups in total. The van der Waals surface area contributed by atoms with Crippen LogP contribution in [0.25, 0.3) is 0 Å². The lowest BCUT2D eigenvalue weighted by atomic mass is 10.2. The summed E-state index contributed by atoms with van der Waals surface area (Å²) in [5, 5.41) is 2.74. The first-order valence-corrected chi connectivity index (χ1v) is 7.40. The van der Waals surface area contributed by atoms with Crippen LogP contribution >= 0.6 is 11.6 Å². The SMILES string of the molecule is CNC(=O)CCNS(=O)(=O)c1cc(C)c(Cl)c(N)c1. The lowest BCUT2D eigenvalue weighted by molar-refractivity contribution is -0.120. The molecule has 0 aliphatic heterocycles. The van der Waals surface area contributed by atoms with Crippen LogP contribution in [-0.2, 0) is 14.8 Å². The van der Waals surface area contributed by atoms with Crippen molar-refractivity contribution in [3.8, 4) is 0 Å². The number of nitrogen functional groups attached to an aromatic ring is 1. The smallest absolute Gasteiger partial charge is 0.240 e. The van der Waals surface area contributed by atoms with Gasteiger partial charge in [-0.2, -0.15) is 0 Å². The predicted octanol–water partition coefficient (Wildman–Crippen LogP) is 0.645. The van der Waals surface area contributed by atoms with Gasteiger partial charge in [-0.25, -0.2) is 13.1 Å². The lowest BCUT2D eigenvalue weighted by Gasteiger charge is -2.09. The Morgan fingerprint density at radius 1 is 1.42 bits per heavy atom. The van der Waals surface area contributed by atoms with Crippen LogP contribution in [0.3, 0.4) is 0 Å². The molecule has 0 unspecified atom stereocenters. The van der Waals surface area contributed by atoms with Crippen LogP contribution in [0.2, 0.25) is 5.02 Å². The van der Waals surface area contributed by atoms with Gasteiger partial charge < -0.3 is 11.1 Å². The number of nitrogens with two attached hydrogens (primary N) is 1. The molecule has 1 rings (SSSR count). The number of hydrogen-bond donors (Lipinski definition) is 3. The van der Waals surface area contributed by atoms with E-state index in [9.17, 15) is 13.2 Å². The molecule has 8 heteroatoms. The van der Waals surface area contributed by atoms with Crippen molar-refractivity contribution in [2.45, 2.75) is 18.2 Å². The molecule has 1 aromatic carbocycles. The molecule has 0 saturated heterocycles. The van der Waals surface area contributed by atoms with Crippen molar-refractivity contribution >= 4 is 33.2 Å². The maximum Gasteiger partial charge on any atom is 0.240 e. The molecule has 0 bridgehead atoms. The number of benzene rings is 1. The summed E-state index contributed by atoms with van der Waals surface area (Å²) in [6, 6.07) is 2.72. The van der Waals surface area contributed by atoms with Gasteiger partial charge in [-0.3, -0.25) is 4.79 Å². The van der Waals surface area contributed by atoms with E-state index in [1.54, 1.807) is 6.92 Å². The van der Waals surface area contributed by atoms with Gasteiger partial charge in [0.15, 0.2) is 0 Å². The standard InChI is InChI=1S/C11H16ClN3O3S/c1-7-5-8(6-9(13)11(7)12)19(17,18)15-4-3-10(16)14-2/h5-6,15H,3-4,13H2,1-2H3,(H,14,16). The molecule has 0 radical (unpaired) electrons. The molecule has 0 fully saturated rings. The Morgan fingerprint density at radius 3 is 2.58 bits per heavy atom. The minimum atomic E-state index is -3.69. The Labute approximate surface area is 117 Å². The van der Waals surface area contributed by atoms with E-state index < -0.39 is 10.0 Å². The highest BCUT2D eigenvalue weighted by Crippen LogP contribution is 2.26. The summed E-state index contributed by atoms with van der Waals surface area (Å²) >= 11 is 5.87. The molecule has 0 aromatic heterocycles. The number of amides is 1. The van der Waals surface area contributed by atoms with Crippen LogP contribution in [0.4, 0.5) is 5.69 Å². The molecule has 0 spiro atoms. The first kappa shape index (κ1) is 15.7. The highest BCUT2D eigenvalue weighted by Gasteiger charge is 2.16. The number of sulfonamides is 1. The largest absolute Gasteiger partial charge is 0.397 e. The maximum absolute atomic E-state index is 12.0. The second-order valence-electron chi connectivity index (χ2n) is 3.96. The lowest BCUT2D eigenvalue weighted by Crippen LogP contribution is -2.29. The second-order valence-corrected chi connectivity index (χ2v) is 6.11. The van der Waals surface area contributed by atoms with E-state index in [-0.39, 0.29) is 29.5 Å². The molecule has 0 heterocycles. The highest BCUT2D eigenvalue weighted by molar-refractivity contribution is 7.89. The minimum Gasteiger partial charge on any atom is -0.397 e. The van der Waals surface area contributed by atoms with E-state index in [1.807, 2.05) is 0 Å². The third-order valence-corrected chi connectivity index (χ3v) is 4.45. The van der Waals surface area contributed by atoms with E-state index in [4.69, 9.17) is 17.3 Å². The van der Waals surface area contributed by atoms with Crippen LogP contribution < -0.4 is 15.8 Å². The number of nitrogens with one attached hydrogen (secondary N) is 2. The molecule has 0 atom stereocenters. The Hall–Kier alpha value is -1.31. The van der Waals surface area contributed by atoms with Gasteiger partial charge in [0.1, 0.15) is 0 Å². The Balaban J connectivity index is 2.86. The zero-order valence-electron chi connectivity index (χ0n) is 10.7. The van der Waals surface area contributed by atoms with Crippen LogP contribution in [0, 0.1) is 6.92 Å². The number of aryl methyl sites for hydroxylation is 1. The third kappa shape index (κ3) is 4.09. The molecule has 1 amide bonds. The fourth-order valence-corrected chi connectivity index (χ4v) is 2.69. The summed E-state index contributed by atoms with van der Waals surface area (Å²) < 4.78 is 26.3. The molecule has 106 valence electrons. The fourth-order valence-electron chi connectivity index (χ4n) is 1.43. The number of carbonyl (C=O) groups is 1. The second kappa shape index (κ2) is 6.23. The first-order chi connectivity index (χ1) is 8.77. The van der Waals surface area contributed by atoms with E-state index >= 15 is 0 Å². The zero-order chi connectivity index (χ0) is 14.6. The molecule has 0 aliphatic rings. The van der Waals surface area contributed by atoms with Crippen molar-refractivity contribution in [3.05, 3.63) is 22.7 Å². The van der Waals surface area contributed by atoms with Crippen LogP contribution in [0.5, 0.6) is 0 Å². The molecule has 6 nitrogen and oxygen atoms in total. The van der Waals surface area contributed by atoms with E-state index in [0.29, 0.717) is 10.6 Å². The summed E-state index contributed by atoms with van der Waals surface area (Å²) in [6.45, 7) is 1.69. The summed E-state index contributed by atoms with van der Waals surface area (Å²) in [7, 11) is -2.21. The zero-order valence-corrected chi connectivity index (χ0v) is 12.2. The van der Waals surface area contributed by atoms with Gasteiger partial charge >= 0.3 is 0 Å². The van der Waals surface area contributed by atoms with E-state index in [2.05, 4.69) is 10.0 Å². The molecule has 1 aromatic rings. The van der Waals surface area contributed by atoms with Crippen molar-refractivity contribution in [3.63, 3.8) is 0 Å². The highest BCUT2D eigenvalue weighted by atomic mass is 35.5.